The van der Waals surface area contributed by atoms with E-state index in [0.717, 1.165) is 86.3 Å². The Balaban J connectivity index is 1.04. The van der Waals surface area contributed by atoms with Gasteiger partial charge in [-0.3, -0.25) is 4.79 Å². The first-order valence-electron chi connectivity index (χ1n) is 15.6. The molecule has 10 heteroatoms. The van der Waals surface area contributed by atoms with Gasteiger partial charge in [-0.05, 0) is 68.8 Å². The van der Waals surface area contributed by atoms with E-state index in [1.807, 2.05) is 36.5 Å². The lowest BCUT2D eigenvalue weighted by atomic mass is 9.82. The van der Waals surface area contributed by atoms with Gasteiger partial charge in [-0.1, -0.05) is 18.2 Å². The highest BCUT2D eigenvalue weighted by Crippen LogP contribution is 2.29. The molecule has 4 heterocycles. The minimum absolute atomic E-state index is 0.0794. The van der Waals surface area contributed by atoms with Crippen molar-refractivity contribution in [3.8, 4) is 11.3 Å². The summed E-state index contributed by atoms with van der Waals surface area (Å²) in [4.78, 5) is 39.8. The summed E-state index contributed by atoms with van der Waals surface area (Å²) in [7, 11) is 2.15. The monoisotopic (exact) mass is 586 g/mol. The molecule has 3 fully saturated rings. The second-order valence-corrected chi connectivity index (χ2v) is 12.1. The van der Waals surface area contributed by atoms with Crippen LogP contribution in [0.1, 0.15) is 42.5 Å². The number of hydrogen-bond acceptors (Lipinski definition) is 8. The summed E-state index contributed by atoms with van der Waals surface area (Å²) < 4.78 is 10.7. The first-order valence-corrected chi connectivity index (χ1v) is 15.6. The molecular weight excluding hydrogens is 544 g/mol. The molecule has 0 radical (unpaired) electrons. The smallest absolute Gasteiger partial charge is 0.407 e. The number of anilines is 1. The van der Waals surface area contributed by atoms with Gasteiger partial charge in [0.25, 0.3) is 5.91 Å². The molecule has 2 saturated heterocycles. The number of nitrogens with one attached hydrogen (secondary N) is 2. The zero-order chi connectivity index (χ0) is 29.6. The summed E-state index contributed by atoms with van der Waals surface area (Å²) in [6.07, 6.45) is 6.23. The number of alkyl carbamates (subject to hydrolysis) is 1. The first kappa shape index (κ1) is 29.3. The molecule has 43 heavy (non-hydrogen) atoms. The molecule has 1 aliphatic carbocycles. The molecule has 3 aromatic rings. The lowest BCUT2D eigenvalue weighted by Crippen LogP contribution is -2.44. The van der Waals surface area contributed by atoms with E-state index in [9.17, 15) is 9.59 Å². The number of carbonyl (C=O) groups is 2. The fraction of sp³-hybridized carbons (Fsp3) is 0.515. The van der Waals surface area contributed by atoms with Crippen LogP contribution in [0.3, 0.4) is 0 Å². The Bertz CT molecular complexity index is 1390. The minimum Gasteiger partial charge on any atom is -0.444 e. The van der Waals surface area contributed by atoms with E-state index >= 15 is 0 Å². The number of nitrogens with zero attached hydrogens (tertiary/aromatic N) is 4. The van der Waals surface area contributed by atoms with Crippen molar-refractivity contribution in [2.75, 3.05) is 64.4 Å². The van der Waals surface area contributed by atoms with Crippen LogP contribution in [0.25, 0.3) is 22.2 Å². The fourth-order valence-corrected chi connectivity index (χ4v) is 6.27. The number of carbonyl (C=O) groups excluding carboxylic acids is 2. The van der Waals surface area contributed by atoms with Crippen LogP contribution in [-0.4, -0.2) is 92.5 Å². The molecular formula is C33H42N6O4. The average molecular weight is 587 g/mol. The quantitative estimate of drug-likeness (QED) is 0.406. The maximum Gasteiger partial charge on any atom is 0.407 e. The summed E-state index contributed by atoms with van der Waals surface area (Å²) >= 11 is 0. The van der Waals surface area contributed by atoms with Gasteiger partial charge >= 0.3 is 6.09 Å². The third-order valence-corrected chi connectivity index (χ3v) is 9.05. The van der Waals surface area contributed by atoms with Crippen molar-refractivity contribution in [1.82, 2.24) is 25.5 Å². The Morgan fingerprint density at radius 2 is 1.70 bits per heavy atom. The van der Waals surface area contributed by atoms with E-state index in [4.69, 9.17) is 19.4 Å². The molecule has 0 unspecified atom stereocenters. The number of pyridine rings is 2. The molecule has 2 aromatic heterocycles. The highest BCUT2D eigenvalue weighted by molar-refractivity contribution is 6.07. The van der Waals surface area contributed by atoms with Crippen molar-refractivity contribution in [3.05, 3.63) is 54.2 Å². The van der Waals surface area contributed by atoms with Crippen molar-refractivity contribution in [3.63, 3.8) is 0 Å². The zero-order valence-electron chi connectivity index (χ0n) is 25.0. The van der Waals surface area contributed by atoms with Crippen LogP contribution in [0.2, 0.25) is 0 Å². The number of amides is 2. The van der Waals surface area contributed by atoms with Crippen molar-refractivity contribution in [2.24, 2.45) is 11.8 Å². The molecule has 2 amide bonds. The largest absolute Gasteiger partial charge is 0.444 e. The van der Waals surface area contributed by atoms with Gasteiger partial charge in [0.15, 0.2) is 0 Å². The molecule has 1 aromatic carbocycles. The molecule has 2 N–H and O–H groups in total. The van der Waals surface area contributed by atoms with Gasteiger partial charge < -0.3 is 29.9 Å². The summed E-state index contributed by atoms with van der Waals surface area (Å²) in [5, 5.41) is 6.97. The predicted octanol–water partition coefficient (Wildman–Crippen LogP) is 4.10. The summed E-state index contributed by atoms with van der Waals surface area (Å²) in [5.74, 6) is 1.74. The predicted molar refractivity (Wildman–Crippen MR) is 166 cm³/mol. The molecule has 10 nitrogen and oxygen atoms in total. The van der Waals surface area contributed by atoms with E-state index in [1.54, 1.807) is 0 Å². The number of hydrogen-bond donors (Lipinski definition) is 2. The highest BCUT2D eigenvalue weighted by Gasteiger charge is 2.25. The van der Waals surface area contributed by atoms with Crippen LogP contribution in [0.4, 0.5) is 10.6 Å². The topological polar surface area (TPSA) is 109 Å². The molecule has 228 valence electrons. The molecule has 6 rings (SSSR count). The van der Waals surface area contributed by atoms with Gasteiger partial charge in [0, 0.05) is 62.8 Å². The zero-order valence-corrected chi connectivity index (χ0v) is 25.0. The van der Waals surface area contributed by atoms with Crippen LogP contribution in [0.5, 0.6) is 0 Å². The number of rotatable bonds is 8. The SMILES string of the molecule is CN1CCN(c2ccc(-c3cc(C(=O)NCC4CCC(CNC(=O)O[C@H]5CCOC5)CC4)c4ccccc4n3)cn2)CC1. The summed E-state index contributed by atoms with van der Waals surface area (Å²) in [6.45, 7) is 6.39. The Hall–Kier alpha value is -3.76. The Morgan fingerprint density at radius 3 is 2.40 bits per heavy atom. The highest BCUT2D eigenvalue weighted by atomic mass is 16.6. The number of fused-ring (bicyclic) bond motifs is 1. The minimum atomic E-state index is -0.351. The van der Waals surface area contributed by atoms with Crippen LogP contribution in [0.15, 0.2) is 48.7 Å². The average Bonchev–Trinajstić information content (AvgIpc) is 3.56. The molecule has 1 atom stereocenters. The molecule has 3 aliphatic rings. The molecule has 2 aliphatic heterocycles. The lowest BCUT2D eigenvalue weighted by Gasteiger charge is -2.33. The number of likely N-dealkylation sites (N-methyl/N-ethyl adjacent to an activating group) is 1. The number of ether oxygens (including phenoxy) is 2. The van der Waals surface area contributed by atoms with Gasteiger partial charge in [-0.25, -0.2) is 14.8 Å². The third kappa shape index (κ3) is 7.43. The summed E-state index contributed by atoms with van der Waals surface area (Å²) in [5.41, 5.74) is 3.06. The summed E-state index contributed by atoms with van der Waals surface area (Å²) in [6, 6.07) is 13.8. The van der Waals surface area contributed by atoms with E-state index in [2.05, 4.69) is 39.6 Å². The van der Waals surface area contributed by atoms with Gasteiger partial charge in [0.05, 0.1) is 30.0 Å². The maximum absolute atomic E-state index is 13.5. The molecule has 1 saturated carbocycles. The van der Waals surface area contributed by atoms with Gasteiger partial charge in [0.2, 0.25) is 0 Å². The van der Waals surface area contributed by atoms with Gasteiger partial charge in [-0.15, -0.1) is 0 Å². The Labute approximate surface area is 253 Å². The maximum atomic E-state index is 13.5. The van der Waals surface area contributed by atoms with Crippen molar-refractivity contribution >= 4 is 28.7 Å². The Morgan fingerprint density at radius 1 is 0.953 bits per heavy atom. The first-order chi connectivity index (χ1) is 21.0. The second-order valence-electron chi connectivity index (χ2n) is 12.1. The third-order valence-electron chi connectivity index (χ3n) is 9.05. The van der Waals surface area contributed by atoms with E-state index in [0.29, 0.717) is 43.7 Å². The molecule has 0 spiro atoms. The number of para-hydroxylation sites is 1. The lowest BCUT2D eigenvalue weighted by molar-refractivity contribution is 0.0813. The van der Waals surface area contributed by atoms with Crippen molar-refractivity contribution < 1.29 is 19.1 Å². The van der Waals surface area contributed by atoms with Gasteiger partial charge in [-0.2, -0.15) is 0 Å². The van der Waals surface area contributed by atoms with E-state index in [1.165, 1.54) is 0 Å². The van der Waals surface area contributed by atoms with Crippen LogP contribution < -0.4 is 15.5 Å². The van der Waals surface area contributed by atoms with Crippen LogP contribution >= 0.6 is 0 Å². The normalized spacial score (nSPS) is 22.8. The Kier molecular flexibility index (Phi) is 9.33. The van der Waals surface area contributed by atoms with Crippen LogP contribution in [0, 0.1) is 11.8 Å². The molecule has 0 bridgehead atoms. The van der Waals surface area contributed by atoms with Crippen LogP contribution in [-0.2, 0) is 9.47 Å². The van der Waals surface area contributed by atoms with E-state index < -0.39 is 0 Å². The number of aromatic nitrogens is 2. The second kappa shape index (κ2) is 13.7. The fourth-order valence-electron chi connectivity index (χ4n) is 6.27. The standard InChI is InChI=1S/C33H42N6O4/c1-38-13-15-39(16-14-38)31-11-10-25(21-34-31)30-18-28(27-4-2-3-5-29(27)37-30)32(40)35-19-23-6-8-24(9-7-23)20-36-33(41)43-26-12-17-42-22-26/h2-5,10-11,18,21,23-24,26H,6-9,12-17,19-20,22H2,1H3,(H,35,40)(H,36,41)/t23?,24?,26-/m0/s1. The number of benzene rings is 1. The van der Waals surface area contributed by atoms with Crippen molar-refractivity contribution in [1.29, 1.82) is 0 Å². The van der Waals surface area contributed by atoms with Crippen molar-refractivity contribution in [2.45, 2.75) is 38.2 Å². The van der Waals surface area contributed by atoms with Gasteiger partial charge in [0.1, 0.15) is 11.9 Å². The van der Waals surface area contributed by atoms with E-state index in [-0.39, 0.29) is 18.1 Å². The number of piperazine rings is 1.